The first kappa shape index (κ1) is 19.5. The number of nitrogens with one attached hydrogen (secondary N) is 1. The molecule has 8 heteroatoms. The largest absolute Gasteiger partial charge is 0.495 e. The summed E-state index contributed by atoms with van der Waals surface area (Å²) in [5.74, 6) is 0.843. The second kappa shape index (κ2) is 9.56. The molecule has 0 fully saturated rings. The summed E-state index contributed by atoms with van der Waals surface area (Å²) in [4.78, 5) is 16.4. The number of halogens is 1. The zero-order valence-corrected chi connectivity index (χ0v) is 15.6. The van der Waals surface area contributed by atoms with Crippen LogP contribution in [-0.2, 0) is 4.84 Å². The van der Waals surface area contributed by atoms with Crippen LogP contribution in [0.25, 0.3) is 0 Å². The Kier molecular flexibility index (Phi) is 8.10. The molecule has 0 amide bonds. The third-order valence-electron chi connectivity index (χ3n) is 3.57. The lowest BCUT2D eigenvalue weighted by molar-refractivity contribution is -0.757. The van der Waals surface area contributed by atoms with E-state index in [1.165, 1.54) is 0 Å². The van der Waals surface area contributed by atoms with E-state index in [2.05, 4.69) is 22.3 Å². The second-order valence-corrected chi connectivity index (χ2v) is 5.05. The maximum absolute atomic E-state index is 10.0. The number of hydrogen-bond acceptors (Lipinski definition) is 6. The molecule has 0 spiro atoms. The summed E-state index contributed by atoms with van der Waals surface area (Å²) in [6.45, 7) is 0.902. The highest BCUT2D eigenvalue weighted by Gasteiger charge is 2.21. The summed E-state index contributed by atoms with van der Waals surface area (Å²) in [7, 11) is 3.66. The number of hydrogen-bond donors (Lipinski definition) is 1. The highest BCUT2D eigenvalue weighted by molar-refractivity contribution is 14.0. The second-order valence-electron chi connectivity index (χ2n) is 5.05. The van der Waals surface area contributed by atoms with Crippen molar-refractivity contribution in [2.24, 2.45) is 0 Å². The van der Waals surface area contributed by atoms with Crippen LogP contribution in [0.2, 0.25) is 0 Å². The molecule has 7 nitrogen and oxygen atoms in total. The van der Waals surface area contributed by atoms with Crippen molar-refractivity contribution < 1.29 is 14.7 Å². The number of para-hydroxylation sites is 1. The Morgan fingerprint density at radius 1 is 1.39 bits per heavy atom. The van der Waals surface area contributed by atoms with E-state index in [-0.39, 0.29) is 36.6 Å². The zero-order valence-electron chi connectivity index (χ0n) is 13.2. The number of benzene rings is 1. The molecular weight excluding hydrogens is 413 g/mol. The van der Waals surface area contributed by atoms with E-state index >= 15 is 0 Å². The quantitative estimate of drug-likeness (QED) is 0.293. The molecule has 2 rings (SSSR count). The van der Waals surface area contributed by atoms with Gasteiger partial charge in [0.15, 0.2) is 0 Å². The van der Waals surface area contributed by atoms with Crippen LogP contribution in [0.15, 0.2) is 30.5 Å². The van der Waals surface area contributed by atoms with Crippen LogP contribution in [0.4, 0.5) is 5.69 Å². The molecule has 0 aromatic heterocycles. The molecular formula is C15H22IN3O4. The van der Waals surface area contributed by atoms with Crippen molar-refractivity contribution in [2.75, 3.05) is 32.2 Å². The topological polar surface area (TPSA) is 76.9 Å². The predicted octanol–water partition coefficient (Wildman–Crippen LogP) is 2.90. The van der Waals surface area contributed by atoms with Crippen LogP contribution in [0.5, 0.6) is 5.75 Å². The Labute approximate surface area is 152 Å². The lowest BCUT2D eigenvalue weighted by Crippen LogP contribution is -2.27. The molecule has 1 atom stereocenters. The number of unbranched alkanes of at least 4 members (excludes halogenated alkanes) is 1. The summed E-state index contributed by atoms with van der Waals surface area (Å²) in [6.07, 6.45) is 5.57. The van der Waals surface area contributed by atoms with Crippen molar-refractivity contribution >= 4 is 29.7 Å². The molecule has 1 aromatic carbocycles. The zero-order chi connectivity index (χ0) is 15.9. The van der Waals surface area contributed by atoms with Gasteiger partial charge in [-0.25, -0.2) is 0 Å². The van der Waals surface area contributed by atoms with Crippen molar-refractivity contribution in [3.63, 3.8) is 0 Å². The normalized spacial score (nSPS) is 15.6. The fraction of sp³-hybridized carbons (Fsp3) is 0.467. The molecule has 0 bridgehead atoms. The van der Waals surface area contributed by atoms with Crippen molar-refractivity contribution in [1.82, 2.24) is 5.32 Å². The first-order valence-corrected chi connectivity index (χ1v) is 7.22. The third-order valence-corrected chi connectivity index (χ3v) is 3.57. The Morgan fingerprint density at radius 2 is 2.17 bits per heavy atom. The molecule has 1 aromatic rings. The van der Waals surface area contributed by atoms with Crippen molar-refractivity contribution in [3.05, 3.63) is 46.2 Å². The lowest BCUT2D eigenvalue weighted by Gasteiger charge is -2.29. The molecule has 1 aliphatic heterocycles. The van der Waals surface area contributed by atoms with Gasteiger partial charge in [-0.15, -0.1) is 34.1 Å². The van der Waals surface area contributed by atoms with Crippen molar-refractivity contribution in [1.29, 1.82) is 0 Å². The Bertz CT molecular complexity index is 554. The summed E-state index contributed by atoms with van der Waals surface area (Å²) in [5.41, 5.74) is 2.22. The summed E-state index contributed by atoms with van der Waals surface area (Å²) >= 11 is 0. The lowest BCUT2D eigenvalue weighted by atomic mass is 10.00. The van der Waals surface area contributed by atoms with Gasteiger partial charge in [-0.1, -0.05) is 12.1 Å². The maximum Gasteiger partial charge on any atom is 0.294 e. The number of anilines is 1. The molecule has 1 aliphatic rings. The number of fused-ring (bicyclic) bond motifs is 1. The SMILES string of the molecule is COc1cccc2c1N(C)C=CC2NCCCCO[N+](=O)[O-].I. The maximum atomic E-state index is 10.0. The monoisotopic (exact) mass is 435 g/mol. The van der Waals surface area contributed by atoms with Gasteiger partial charge < -0.3 is 19.8 Å². The van der Waals surface area contributed by atoms with E-state index in [0.717, 1.165) is 30.0 Å². The minimum absolute atomic E-state index is 0. The molecule has 1 N–H and O–H groups in total. The third kappa shape index (κ3) is 5.24. The Morgan fingerprint density at radius 3 is 2.87 bits per heavy atom. The van der Waals surface area contributed by atoms with Crippen LogP contribution < -0.4 is 15.0 Å². The molecule has 23 heavy (non-hydrogen) atoms. The van der Waals surface area contributed by atoms with Crippen LogP contribution in [0, 0.1) is 10.1 Å². The molecule has 1 unspecified atom stereocenters. The average Bonchev–Trinajstić information content (AvgIpc) is 2.51. The van der Waals surface area contributed by atoms with Gasteiger partial charge in [-0.05, 0) is 31.5 Å². The molecule has 128 valence electrons. The number of ether oxygens (including phenoxy) is 1. The highest BCUT2D eigenvalue weighted by Crippen LogP contribution is 2.38. The first-order valence-electron chi connectivity index (χ1n) is 7.22. The summed E-state index contributed by atoms with van der Waals surface area (Å²) < 4.78 is 5.43. The van der Waals surface area contributed by atoms with E-state index in [1.807, 2.05) is 30.3 Å². The predicted molar refractivity (Wildman–Crippen MR) is 98.9 cm³/mol. The van der Waals surface area contributed by atoms with E-state index in [4.69, 9.17) is 4.74 Å². The van der Waals surface area contributed by atoms with Gasteiger partial charge in [0, 0.05) is 18.8 Å². The van der Waals surface area contributed by atoms with E-state index in [1.54, 1.807) is 7.11 Å². The molecule has 0 radical (unpaired) electrons. The van der Waals surface area contributed by atoms with E-state index in [9.17, 15) is 10.1 Å². The molecule has 0 saturated carbocycles. The van der Waals surface area contributed by atoms with Gasteiger partial charge in [-0.3, -0.25) is 0 Å². The van der Waals surface area contributed by atoms with Gasteiger partial charge in [0.1, 0.15) is 5.75 Å². The number of methoxy groups -OCH3 is 1. The fourth-order valence-corrected chi connectivity index (χ4v) is 2.53. The van der Waals surface area contributed by atoms with Crippen LogP contribution in [-0.4, -0.2) is 32.4 Å². The summed E-state index contributed by atoms with van der Waals surface area (Å²) in [5, 5.41) is 12.7. The minimum atomic E-state index is -0.754. The molecule has 0 aliphatic carbocycles. The smallest absolute Gasteiger partial charge is 0.294 e. The van der Waals surface area contributed by atoms with Gasteiger partial charge in [0.05, 0.1) is 25.4 Å². The fourth-order valence-electron chi connectivity index (χ4n) is 2.53. The Balaban J connectivity index is 0.00000264. The molecule has 0 saturated heterocycles. The van der Waals surface area contributed by atoms with E-state index < -0.39 is 5.09 Å². The Hall–Kier alpha value is -1.55. The summed E-state index contributed by atoms with van der Waals surface area (Å²) in [6, 6.07) is 6.11. The minimum Gasteiger partial charge on any atom is -0.495 e. The van der Waals surface area contributed by atoms with E-state index in [0.29, 0.717) is 6.42 Å². The average molecular weight is 435 g/mol. The highest BCUT2D eigenvalue weighted by atomic mass is 127. The number of rotatable bonds is 8. The van der Waals surface area contributed by atoms with Gasteiger partial charge >= 0.3 is 0 Å². The van der Waals surface area contributed by atoms with Crippen LogP contribution in [0.1, 0.15) is 24.4 Å². The molecule has 1 heterocycles. The van der Waals surface area contributed by atoms with Crippen molar-refractivity contribution in [2.45, 2.75) is 18.9 Å². The van der Waals surface area contributed by atoms with Crippen molar-refractivity contribution in [3.8, 4) is 5.75 Å². The van der Waals surface area contributed by atoms with Crippen LogP contribution >= 0.6 is 24.0 Å². The van der Waals surface area contributed by atoms with Gasteiger partial charge in [0.2, 0.25) is 0 Å². The van der Waals surface area contributed by atoms with Gasteiger partial charge in [-0.2, -0.15) is 0 Å². The standard InChI is InChI=1S/C15H21N3O4.HI/c1-17-10-8-13(16-9-3-4-11-22-18(19)20)12-6-5-7-14(21-2)15(12)17;/h5-8,10,13,16H,3-4,9,11H2,1-2H3;1H. The van der Waals surface area contributed by atoms with Gasteiger partial charge in [0.25, 0.3) is 5.09 Å². The van der Waals surface area contributed by atoms with Crippen LogP contribution in [0.3, 0.4) is 0 Å². The number of nitrogens with zero attached hydrogens (tertiary/aromatic N) is 2. The first-order chi connectivity index (χ1) is 10.6.